The van der Waals surface area contributed by atoms with Crippen LogP contribution >= 0.6 is 0 Å². The topological polar surface area (TPSA) is 33.4 Å². The van der Waals surface area contributed by atoms with E-state index in [0.717, 1.165) is 29.9 Å². The van der Waals surface area contributed by atoms with Gasteiger partial charge < -0.3 is 9.52 Å². The number of aliphatic hydroxyl groups is 1. The third-order valence-corrected chi connectivity index (χ3v) is 2.79. The Morgan fingerprint density at radius 3 is 2.47 bits per heavy atom. The average Bonchev–Trinajstić information content (AvgIpc) is 2.78. The summed E-state index contributed by atoms with van der Waals surface area (Å²) in [6.45, 7) is 2.13. The first-order valence-corrected chi connectivity index (χ1v) is 6.10. The van der Waals surface area contributed by atoms with E-state index in [1.54, 1.807) is 0 Å². The van der Waals surface area contributed by atoms with Gasteiger partial charge in [0.2, 0.25) is 0 Å². The molecule has 0 bridgehead atoms. The van der Waals surface area contributed by atoms with Crippen molar-refractivity contribution in [2.24, 2.45) is 0 Å². The van der Waals surface area contributed by atoms with Crippen LogP contribution < -0.4 is 0 Å². The average molecular weight is 230 g/mol. The predicted molar refractivity (Wildman–Crippen MR) is 67.8 cm³/mol. The van der Waals surface area contributed by atoms with Gasteiger partial charge in [-0.2, -0.15) is 0 Å². The maximum Gasteiger partial charge on any atom is 0.107 e. The molecule has 1 aromatic heterocycles. The van der Waals surface area contributed by atoms with Crippen LogP contribution in [-0.4, -0.2) is 5.11 Å². The van der Waals surface area contributed by atoms with E-state index in [1.165, 1.54) is 0 Å². The van der Waals surface area contributed by atoms with Crippen molar-refractivity contribution in [3.05, 3.63) is 59.5 Å². The molecule has 1 N–H and O–H groups in total. The molecular formula is C15H18O2. The van der Waals surface area contributed by atoms with Gasteiger partial charge in [-0.25, -0.2) is 0 Å². The summed E-state index contributed by atoms with van der Waals surface area (Å²) in [4.78, 5) is 0. The lowest BCUT2D eigenvalue weighted by atomic mass is 10.1. The molecular weight excluding hydrogens is 212 g/mol. The Hall–Kier alpha value is -1.54. The molecule has 2 nitrogen and oxygen atoms in total. The summed E-state index contributed by atoms with van der Waals surface area (Å²) < 4.78 is 5.66. The van der Waals surface area contributed by atoms with Crippen molar-refractivity contribution in [1.29, 1.82) is 0 Å². The Bertz CT molecular complexity index is 445. The number of benzene rings is 1. The maximum atomic E-state index is 10.1. The highest BCUT2D eigenvalue weighted by Crippen LogP contribution is 2.20. The van der Waals surface area contributed by atoms with Gasteiger partial charge in [-0.3, -0.25) is 0 Å². The first-order valence-electron chi connectivity index (χ1n) is 6.10. The molecule has 0 amide bonds. The van der Waals surface area contributed by atoms with E-state index in [-0.39, 0.29) is 0 Å². The Morgan fingerprint density at radius 2 is 1.76 bits per heavy atom. The molecule has 0 saturated heterocycles. The van der Waals surface area contributed by atoms with Crippen LogP contribution in [0, 0.1) is 0 Å². The van der Waals surface area contributed by atoms with Crippen LogP contribution in [0.3, 0.4) is 0 Å². The number of furan rings is 1. The predicted octanol–water partition coefficient (Wildman–Crippen LogP) is 3.51. The molecule has 1 unspecified atom stereocenters. The molecule has 0 spiro atoms. The van der Waals surface area contributed by atoms with Crippen molar-refractivity contribution >= 4 is 0 Å². The van der Waals surface area contributed by atoms with Gasteiger partial charge >= 0.3 is 0 Å². The van der Waals surface area contributed by atoms with Gasteiger partial charge in [0, 0.05) is 12.8 Å². The second-order valence-electron chi connectivity index (χ2n) is 4.25. The van der Waals surface area contributed by atoms with Gasteiger partial charge in [-0.15, -0.1) is 0 Å². The van der Waals surface area contributed by atoms with Crippen LogP contribution in [0.2, 0.25) is 0 Å². The molecule has 0 aliphatic rings. The van der Waals surface area contributed by atoms with E-state index < -0.39 is 6.10 Å². The molecule has 2 aromatic rings. The fourth-order valence-electron chi connectivity index (χ4n) is 1.90. The number of hydrogen-bond donors (Lipinski definition) is 1. The summed E-state index contributed by atoms with van der Waals surface area (Å²) >= 11 is 0. The zero-order chi connectivity index (χ0) is 12.1. The molecule has 1 atom stereocenters. The van der Waals surface area contributed by atoms with Crippen LogP contribution in [-0.2, 0) is 12.8 Å². The standard InChI is InChI=1S/C15H18O2/c1-2-6-13-9-10-14(17-13)11-15(16)12-7-4-3-5-8-12/h3-5,7-10,15-16H,2,6,11H2,1H3. The summed E-state index contributed by atoms with van der Waals surface area (Å²) in [6.07, 6.45) is 2.08. The second-order valence-corrected chi connectivity index (χ2v) is 4.25. The normalized spacial score (nSPS) is 12.6. The van der Waals surface area contributed by atoms with Gasteiger partial charge in [0.05, 0.1) is 6.10 Å². The van der Waals surface area contributed by atoms with Gasteiger partial charge in [-0.1, -0.05) is 37.3 Å². The minimum Gasteiger partial charge on any atom is -0.466 e. The van der Waals surface area contributed by atoms with Crippen LogP contribution in [0.5, 0.6) is 0 Å². The van der Waals surface area contributed by atoms with Crippen LogP contribution in [0.15, 0.2) is 46.9 Å². The molecule has 17 heavy (non-hydrogen) atoms. The third-order valence-electron chi connectivity index (χ3n) is 2.79. The van der Waals surface area contributed by atoms with E-state index in [1.807, 2.05) is 42.5 Å². The molecule has 2 heteroatoms. The van der Waals surface area contributed by atoms with Crippen LogP contribution in [0.1, 0.15) is 36.5 Å². The molecule has 2 rings (SSSR count). The Kier molecular flexibility index (Phi) is 3.99. The quantitative estimate of drug-likeness (QED) is 0.852. The lowest BCUT2D eigenvalue weighted by Crippen LogP contribution is -2.00. The fraction of sp³-hybridized carbons (Fsp3) is 0.333. The molecule has 0 aliphatic carbocycles. The molecule has 0 aliphatic heterocycles. The summed E-state index contributed by atoms with van der Waals surface area (Å²) in [6, 6.07) is 13.6. The number of aryl methyl sites for hydroxylation is 1. The van der Waals surface area contributed by atoms with Crippen LogP contribution in [0.4, 0.5) is 0 Å². The molecule has 1 heterocycles. The van der Waals surface area contributed by atoms with E-state index in [2.05, 4.69) is 6.92 Å². The summed E-state index contributed by atoms with van der Waals surface area (Å²) in [5.74, 6) is 1.85. The number of rotatable bonds is 5. The smallest absolute Gasteiger partial charge is 0.107 e. The monoisotopic (exact) mass is 230 g/mol. The van der Waals surface area contributed by atoms with E-state index in [4.69, 9.17) is 4.42 Å². The van der Waals surface area contributed by atoms with Crippen molar-refractivity contribution in [2.45, 2.75) is 32.3 Å². The maximum absolute atomic E-state index is 10.1. The van der Waals surface area contributed by atoms with E-state index in [9.17, 15) is 5.11 Å². The fourth-order valence-corrected chi connectivity index (χ4v) is 1.90. The Balaban J connectivity index is 2.00. The molecule has 90 valence electrons. The highest BCUT2D eigenvalue weighted by Gasteiger charge is 2.10. The van der Waals surface area contributed by atoms with Gasteiger partial charge in [0.25, 0.3) is 0 Å². The SMILES string of the molecule is CCCc1ccc(CC(O)c2ccccc2)o1. The molecule has 0 radical (unpaired) electrons. The van der Waals surface area contributed by atoms with Gasteiger partial charge in [0.1, 0.15) is 11.5 Å². The first kappa shape index (κ1) is 11.9. The number of aliphatic hydroxyl groups excluding tert-OH is 1. The summed E-state index contributed by atoms with van der Waals surface area (Å²) in [7, 11) is 0. The lowest BCUT2D eigenvalue weighted by molar-refractivity contribution is 0.170. The summed E-state index contributed by atoms with van der Waals surface area (Å²) in [5.41, 5.74) is 0.931. The molecule has 0 fully saturated rings. The van der Waals surface area contributed by atoms with Crippen molar-refractivity contribution in [3.8, 4) is 0 Å². The zero-order valence-electron chi connectivity index (χ0n) is 10.1. The lowest BCUT2D eigenvalue weighted by Gasteiger charge is -2.08. The molecule has 0 saturated carbocycles. The van der Waals surface area contributed by atoms with E-state index >= 15 is 0 Å². The van der Waals surface area contributed by atoms with Gasteiger partial charge in [0.15, 0.2) is 0 Å². The Morgan fingerprint density at radius 1 is 1.06 bits per heavy atom. The van der Waals surface area contributed by atoms with Gasteiger partial charge in [-0.05, 0) is 24.1 Å². The highest BCUT2D eigenvalue weighted by atomic mass is 16.3. The van der Waals surface area contributed by atoms with Crippen molar-refractivity contribution < 1.29 is 9.52 Å². The third kappa shape index (κ3) is 3.21. The second kappa shape index (κ2) is 5.69. The zero-order valence-corrected chi connectivity index (χ0v) is 10.1. The highest BCUT2D eigenvalue weighted by molar-refractivity contribution is 5.19. The van der Waals surface area contributed by atoms with Crippen molar-refractivity contribution in [1.82, 2.24) is 0 Å². The minimum absolute atomic E-state index is 0.489. The van der Waals surface area contributed by atoms with E-state index in [0.29, 0.717) is 6.42 Å². The Labute approximate surface area is 102 Å². The number of hydrogen-bond acceptors (Lipinski definition) is 2. The summed E-state index contributed by atoms with van der Waals surface area (Å²) in [5, 5.41) is 10.1. The van der Waals surface area contributed by atoms with Crippen LogP contribution in [0.25, 0.3) is 0 Å². The van der Waals surface area contributed by atoms with Crippen molar-refractivity contribution in [2.75, 3.05) is 0 Å². The largest absolute Gasteiger partial charge is 0.466 e. The first-order chi connectivity index (χ1) is 8.29. The van der Waals surface area contributed by atoms with Crippen molar-refractivity contribution in [3.63, 3.8) is 0 Å². The minimum atomic E-state index is -0.489. The molecule has 1 aromatic carbocycles.